The van der Waals surface area contributed by atoms with Gasteiger partial charge in [0.15, 0.2) is 5.78 Å². The number of carbonyl (C=O) groups excluding carboxylic acids is 2. The lowest BCUT2D eigenvalue weighted by Gasteiger charge is -2.06. The first-order valence-corrected chi connectivity index (χ1v) is 7.77. The van der Waals surface area contributed by atoms with Crippen LogP contribution in [-0.4, -0.2) is 31.8 Å². The number of hydrogen-bond acceptors (Lipinski definition) is 3. The third kappa shape index (κ3) is 5.43. The zero-order chi connectivity index (χ0) is 15.1. The van der Waals surface area contributed by atoms with Crippen molar-refractivity contribution >= 4 is 24.1 Å². The zero-order valence-corrected chi connectivity index (χ0v) is 13.9. The molecule has 0 saturated carbocycles. The number of ketones is 1. The number of aryl methyl sites for hydroxylation is 2. The van der Waals surface area contributed by atoms with E-state index in [1.54, 1.807) is 0 Å². The number of hydrogen-bond donors (Lipinski definition) is 2. The lowest BCUT2D eigenvalue weighted by Crippen LogP contribution is -2.26. The van der Waals surface area contributed by atoms with Crippen LogP contribution in [0.15, 0.2) is 18.2 Å². The van der Waals surface area contributed by atoms with Gasteiger partial charge in [0, 0.05) is 24.9 Å². The van der Waals surface area contributed by atoms with Crippen LogP contribution in [0.5, 0.6) is 0 Å². The molecule has 1 aromatic rings. The summed E-state index contributed by atoms with van der Waals surface area (Å²) >= 11 is 0. The molecule has 0 unspecified atom stereocenters. The van der Waals surface area contributed by atoms with Gasteiger partial charge >= 0.3 is 0 Å². The molecule has 0 spiro atoms. The van der Waals surface area contributed by atoms with Crippen molar-refractivity contribution < 1.29 is 9.59 Å². The molecule has 122 valence electrons. The van der Waals surface area contributed by atoms with E-state index in [1.807, 2.05) is 19.2 Å². The predicted octanol–water partition coefficient (Wildman–Crippen LogP) is 2.29. The third-order valence-corrected chi connectivity index (χ3v) is 3.93. The van der Waals surface area contributed by atoms with Gasteiger partial charge in [0.05, 0.1) is 0 Å². The van der Waals surface area contributed by atoms with Crippen LogP contribution in [0.25, 0.3) is 0 Å². The number of benzene rings is 1. The van der Waals surface area contributed by atoms with E-state index in [2.05, 4.69) is 16.7 Å². The van der Waals surface area contributed by atoms with Gasteiger partial charge < -0.3 is 10.6 Å². The predicted molar refractivity (Wildman–Crippen MR) is 90.8 cm³/mol. The molecule has 0 radical (unpaired) electrons. The van der Waals surface area contributed by atoms with Gasteiger partial charge in [0.25, 0.3) is 0 Å². The van der Waals surface area contributed by atoms with Crippen LogP contribution in [0.3, 0.4) is 0 Å². The maximum absolute atomic E-state index is 12.1. The SMILES string of the molecule is CNCCCNC(=O)CCC(=O)c1ccc2c(c1)CCC2.Cl. The molecule has 4 nitrogen and oxygen atoms in total. The minimum absolute atomic E-state index is 0. The van der Waals surface area contributed by atoms with E-state index in [0.29, 0.717) is 6.54 Å². The molecular weight excluding hydrogens is 300 g/mol. The summed E-state index contributed by atoms with van der Waals surface area (Å²) in [6.45, 7) is 1.54. The lowest BCUT2D eigenvalue weighted by molar-refractivity contribution is -0.121. The van der Waals surface area contributed by atoms with E-state index >= 15 is 0 Å². The summed E-state index contributed by atoms with van der Waals surface area (Å²) in [6.07, 6.45) is 4.84. The molecule has 0 saturated heterocycles. The highest BCUT2D eigenvalue weighted by molar-refractivity contribution is 5.98. The first kappa shape index (κ1) is 18.7. The topological polar surface area (TPSA) is 58.2 Å². The molecule has 22 heavy (non-hydrogen) atoms. The van der Waals surface area contributed by atoms with Crippen molar-refractivity contribution in [2.75, 3.05) is 20.1 Å². The van der Waals surface area contributed by atoms with Crippen molar-refractivity contribution in [1.82, 2.24) is 10.6 Å². The molecule has 2 N–H and O–H groups in total. The number of halogens is 1. The molecule has 0 aliphatic heterocycles. The van der Waals surface area contributed by atoms with E-state index in [4.69, 9.17) is 0 Å². The van der Waals surface area contributed by atoms with Crippen molar-refractivity contribution in [2.45, 2.75) is 38.5 Å². The molecule has 1 amide bonds. The molecule has 0 aromatic heterocycles. The van der Waals surface area contributed by atoms with Gasteiger partial charge in [-0.05, 0) is 56.5 Å². The molecular formula is C17H25ClN2O2. The first-order chi connectivity index (χ1) is 10.2. The maximum atomic E-state index is 12.1. The Labute approximate surface area is 138 Å². The summed E-state index contributed by atoms with van der Waals surface area (Å²) in [7, 11) is 1.89. The van der Waals surface area contributed by atoms with E-state index in [-0.39, 0.29) is 36.9 Å². The second kappa shape index (κ2) is 9.59. The standard InChI is InChI=1S/C17H24N2O2.ClH/c1-18-10-3-11-19-17(21)9-8-16(20)15-7-6-13-4-2-5-14(13)12-15;/h6-7,12,18H,2-5,8-11H2,1H3,(H,19,21);1H. The average Bonchev–Trinajstić information content (AvgIpc) is 2.96. The van der Waals surface area contributed by atoms with E-state index in [0.717, 1.165) is 31.4 Å². The zero-order valence-electron chi connectivity index (χ0n) is 13.1. The largest absolute Gasteiger partial charge is 0.356 e. The summed E-state index contributed by atoms with van der Waals surface area (Å²) in [5, 5.41) is 5.86. The maximum Gasteiger partial charge on any atom is 0.220 e. The molecule has 0 bridgehead atoms. The van der Waals surface area contributed by atoms with E-state index in [9.17, 15) is 9.59 Å². The first-order valence-electron chi connectivity index (χ1n) is 7.77. The van der Waals surface area contributed by atoms with Gasteiger partial charge in [-0.15, -0.1) is 12.4 Å². The Kier molecular flexibility index (Phi) is 8.13. The number of carbonyl (C=O) groups is 2. The Bertz CT molecular complexity index is 517. The summed E-state index contributed by atoms with van der Waals surface area (Å²) in [5.74, 6) is 0.0238. The van der Waals surface area contributed by atoms with Gasteiger partial charge in [-0.1, -0.05) is 12.1 Å². The average molecular weight is 325 g/mol. The molecule has 1 aromatic carbocycles. The smallest absolute Gasteiger partial charge is 0.220 e. The Morgan fingerprint density at radius 2 is 1.86 bits per heavy atom. The van der Waals surface area contributed by atoms with E-state index < -0.39 is 0 Å². The fourth-order valence-electron chi connectivity index (χ4n) is 2.70. The molecule has 0 fully saturated rings. The molecule has 2 rings (SSSR count). The van der Waals surface area contributed by atoms with Crippen molar-refractivity contribution in [3.05, 3.63) is 34.9 Å². The van der Waals surface area contributed by atoms with Crippen LogP contribution < -0.4 is 10.6 Å². The van der Waals surface area contributed by atoms with Gasteiger partial charge in [-0.2, -0.15) is 0 Å². The fourth-order valence-corrected chi connectivity index (χ4v) is 2.70. The van der Waals surface area contributed by atoms with Gasteiger partial charge in [-0.25, -0.2) is 0 Å². The van der Waals surface area contributed by atoms with Gasteiger partial charge in [-0.3, -0.25) is 9.59 Å². The number of rotatable bonds is 8. The molecule has 0 atom stereocenters. The molecule has 0 heterocycles. The van der Waals surface area contributed by atoms with Crippen molar-refractivity contribution in [2.24, 2.45) is 0 Å². The third-order valence-electron chi connectivity index (χ3n) is 3.93. The number of amides is 1. The summed E-state index contributed by atoms with van der Waals surface area (Å²) in [6, 6.07) is 5.97. The number of Topliss-reactive ketones (excluding diaryl/α,β-unsaturated/α-hetero) is 1. The highest BCUT2D eigenvalue weighted by Gasteiger charge is 2.14. The fraction of sp³-hybridized carbons (Fsp3) is 0.529. The Morgan fingerprint density at radius 3 is 2.64 bits per heavy atom. The summed E-state index contributed by atoms with van der Waals surface area (Å²) < 4.78 is 0. The highest BCUT2D eigenvalue weighted by Crippen LogP contribution is 2.23. The van der Waals surface area contributed by atoms with E-state index in [1.165, 1.54) is 17.5 Å². The second-order valence-electron chi connectivity index (χ2n) is 5.57. The number of nitrogens with one attached hydrogen (secondary N) is 2. The number of fused-ring (bicyclic) bond motifs is 1. The van der Waals surface area contributed by atoms with Crippen LogP contribution in [0.4, 0.5) is 0 Å². The normalized spacial score (nSPS) is 12.4. The van der Waals surface area contributed by atoms with Crippen LogP contribution in [-0.2, 0) is 17.6 Å². The van der Waals surface area contributed by atoms with Crippen LogP contribution >= 0.6 is 12.4 Å². The molecule has 1 aliphatic carbocycles. The quantitative estimate of drug-likeness (QED) is 0.570. The monoisotopic (exact) mass is 324 g/mol. The van der Waals surface area contributed by atoms with Crippen molar-refractivity contribution in [3.63, 3.8) is 0 Å². The molecule has 1 aliphatic rings. The summed E-state index contributed by atoms with van der Waals surface area (Å²) in [5.41, 5.74) is 3.42. The minimum atomic E-state index is -0.0411. The van der Waals surface area contributed by atoms with Gasteiger partial charge in [0.2, 0.25) is 5.91 Å². The minimum Gasteiger partial charge on any atom is -0.356 e. The Morgan fingerprint density at radius 1 is 1.09 bits per heavy atom. The van der Waals surface area contributed by atoms with Crippen molar-refractivity contribution in [3.8, 4) is 0 Å². The van der Waals surface area contributed by atoms with Crippen LogP contribution in [0.1, 0.15) is 47.2 Å². The van der Waals surface area contributed by atoms with Crippen LogP contribution in [0.2, 0.25) is 0 Å². The lowest BCUT2D eigenvalue weighted by atomic mass is 10.0. The summed E-state index contributed by atoms with van der Waals surface area (Å²) in [4.78, 5) is 23.8. The highest BCUT2D eigenvalue weighted by atomic mass is 35.5. The Hall–Kier alpha value is -1.39. The van der Waals surface area contributed by atoms with Crippen LogP contribution in [0, 0.1) is 0 Å². The van der Waals surface area contributed by atoms with Crippen molar-refractivity contribution in [1.29, 1.82) is 0 Å². The second-order valence-corrected chi connectivity index (χ2v) is 5.57. The molecule has 5 heteroatoms. The van der Waals surface area contributed by atoms with Gasteiger partial charge in [0.1, 0.15) is 0 Å². The Balaban J connectivity index is 0.00000242.